The van der Waals surface area contributed by atoms with Crippen LogP contribution < -0.4 is 10.2 Å². The van der Waals surface area contributed by atoms with Gasteiger partial charge in [-0.1, -0.05) is 6.07 Å². The number of pyridine rings is 1. The lowest BCUT2D eigenvalue weighted by atomic mass is 10.1. The van der Waals surface area contributed by atoms with Crippen molar-refractivity contribution in [2.75, 3.05) is 5.43 Å². The van der Waals surface area contributed by atoms with Gasteiger partial charge in [-0.05, 0) is 35.8 Å². The zero-order chi connectivity index (χ0) is 21.5. The number of hydrogen-bond donors (Lipinski definition) is 2. The molecule has 30 heavy (non-hydrogen) atoms. The molecular formula is C17H15F3N9O+. The Bertz CT molecular complexity index is 1230. The fourth-order valence-corrected chi connectivity index (χ4v) is 2.89. The van der Waals surface area contributed by atoms with Crippen LogP contribution in [0.1, 0.15) is 22.8 Å². The molecule has 13 heteroatoms. The van der Waals surface area contributed by atoms with Gasteiger partial charge in [0, 0.05) is 23.1 Å². The summed E-state index contributed by atoms with van der Waals surface area (Å²) in [6.45, 7) is 3.15. The summed E-state index contributed by atoms with van der Waals surface area (Å²) in [5.74, 6) is -1.44. The third-order valence-electron chi connectivity index (χ3n) is 4.32. The average Bonchev–Trinajstić information content (AvgIpc) is 3.33. The lowest BCUT2D eigenvalue weighted by molar-refractivity contribution is -0.699. The Morgan fingerprint density at radius 2 is 2.03 bits per heavy atom. The van der Waals surface area contributed by atoms with Crippen LogP contribution in [0.5, 0.6) is 0 Å². The normalized spacial score (nSPS) is 11.8. The summed E-state index contributed by atoms with van der Waals surface area (Å²) in [5, 5.41) is 6.34. The van der Waals surface area contributed by atoms with Crippen LogP contribution in [0.3, 0.4) is 0 Å². The summed E-state index contributed by atoms with van der Waals surface area (Å²) in [6.07, 6.45) is -1.83. The molecule has 0 aliphatic heterocycles. The van der Waals surface area contributed by atoms with E-state index >= 15 is 0 Å². The van der Waals surface area contributed by atoms with Crippen LogP contribution in [0.2, 0.25) is 0 Å². The lowest BCUT2D eigenvalue weighted by Gasteiger charge is -2.09. The van der Waals surface area contributed by atoms with Crippen molar-refractivity contribution in [3.63, 3.8) is 0 Å². The van der Waals surface area contributed by atoms with E-state index in [0.717, 1.165) is 4.52 Å². The number of rotatable bonds is 4. The Labute approximate surface area is 166 Å². The molecule has 1 amide bonds. The minimum absolute atomic E-state index is 0.132. The Hall–Kier alpha value is -3.90. The molecule has 0 atom stereocenters. The fraction of sp³-hybridized carbons (Fsp3) is 0.235. The van der Waals surface area contributed by atoms with Crippen LogP contribution in [0.15, 0.2) is 30.7 Å². The van der Waals surface area contributed by atoms with E-state index in [4.69, 9.17) is 0 Å². The topological polar surface area (TPSA) is 118 Å². The molecule has 10 nitrogen and oxygen atoms in total. The smallest absolute Gasteiger partial charge is 0.271 e. The van der Waals surface area contributed by atoms with Gasteiger partial charge in [0.05, 0.1) is 6.42 Å². The molecule has 4 rings (SSSR count). The van der Waals surface area contributed by atoms with Crippen LogP contribution in [-0.4, -0.2) is 40.6 Å². The first-order valence-corrected chi connectivity index (χ1v) is 8.70. The largest absolute Gasteiger partial charge is 0.453 e. The zero-order valence-corrected chi connectivity index (χ0v) is 15.8. The van der Waals surface area contributed by atoms with Gasteiger partial charge in [-0.15, -0.1) is 5.10 Å². The van der Waals surface area contributed by atoms with Crippen molar-refractivity contribution in [1.29, 1.82) is 0 Å². The number of carbonyl (C=O) groups excluding carboxylic acids is 1. The second kappa shape index (κ2) is 7.17. The van der Waals surface area contributed by atoms with Crippen LogP contribution >= 0.6 is 0 Å². The van der Waals surface area contributed by atoms with Gasteiger partial charge in [-0.3, -0.25) is 9.78 Å². The number of hydrogen-bond acceptors (Lipinski definition) is 6. The summed E-state index contributed by atoms with van der Waals surface area (Å²) in [6, 6.07) is 5.33. The maximum Gasteiger partial charge on any atom is 0.453 e. The van der Waals surface area contributed by atoms with Gasteiger partial charge in [0.25, 0.3) is 17.5 Å². The first-order chi connectivity index (χ1) is 14.2. The number of halogens is 3. The van der Waals surface area contributed by atoms with Crippen LogP contribution in [0.4, 0.5) is 13.2 Å². The van der Waals surface area contributed by atoms with E-state index in [1.165, 1.54) is 11.1 Å². The molecule has 0 saturated carbocycles. The molecule has 2 N–H and O–H groups in total. The minimum Gasteiger partial charge on any atom is -0.271 e. The van der Waals surface area contributed by atoms with Crippen molar-refractivity contribution in [1.82, 2.24) is 34.6 Å². The van der Waals surface area contributed by atoms with Crippen LogP contribution in [0, 0.1) is 13.8 Å². The van der Waals surface area contributed by atoms with Crippen molar-refractivity contribution in [2.24, 2.45) is 0 Å². The first-order valence-electron chi connectivity index (χ1n) is 8.70. The second-order valence-electron chi connectivity index (χ2n) is 6.41. The highest BCUT2D eigenvalue weighted by atomic mass is 19.4. The van der Waals surface area contributed by atoms with Crippen LogP contribution in [0.25, 0.3) is 17.3 Å². The number of amides is 1. The molecule has 0 fully saturated rings. The number of aromatic nitrogens is 8. The van der Waals surface area contributed by atoms with E-state index in [9.17, 15) is 18.0 Å². The van der Waals surface area contributed by atoms with Gasteiger partial charge in [0.1, 0.15) is 5.69 Å². The monoisotopic (exact) mass is 418 g/mol. The summed E-state index contributed by atoms with van der Waals surface area (Å²) in [7, 11) is 0. The number of aryl methyl sites for hydroxylation is 2. The summed E-state index contributed by atoms with van der Waals surface area (Å²) in [5.41, 5.74) is 4.37. The predicted octanol–water partition coefficient (Wildman–Crippen LogP) is 1.15. The number of fused-ring (bicyclic) bond motifs is 1. The number of carbonyl (C=O) groups is 1. The van der Waals surface area contributed by atoms with Crippen molar-refractivity contribution in [3.8, 4) is 11.5 Å². The van der Waals surface area contributed by atoms with E-state index in [1.54, 1.807) is 38.2 Å². The Kier molecular flexibility index (Phi) is 4.64. The molecule has 4 aromatic rings. The molecule has 0 saturated heterocycles. The molecule has 4 aromatic heterocycles. The van der Waals surface area contributed by atoms with Gasteiger partial charge in [-0.2, -0.15) is 28.7 Å². The second-order valence-corrected chi connectivity index (χ2v) is 6.41. The van der Waals surface area contributed by atoms with Gasteiger partial charge in [0.2, 0.25) is 0 Å². The van der Waals surface area contributed by atoms with E-state index in [0.29, 0.717) is 28.5 Å². The Morgan fingerprint density at radius 1 is 1.23 bits per heavy atom. The number of nitrogens with zero attached hydrogens (tertiary/aromatic N) is 7. The molecule has 0 bridgehead atoms. The highest BCUT2D eigenvalue weighted by Gasteiger charge is 2.37. The van der Waals surface area contributed by atoms with Crippen molar-refractivity contribution in [3.05, 3.63) is 53.5 Å². The SMILES string of the molecule is Cc1nc2nc(C(F)(F)F)nn2c(C)c1CC(=O)N[n+]1cnc(-c2ccccn2)[nH]1. The van der Waals surface area contributed by atoms with Crippen molar-refractivity contribution in [2.45, 2.75) is 26.4 Å². The van der Waals surface area contributed by atoms with E-state index < -0.39 is 17.9 Å². The zero-order valence-electron chi connectivity index (χ0n) is 15.8. The third-order valence-corrected chi connectivity index (χ3v) is 4.32. The van der Waals surface area contributed by atoms with Crippen molar-refractivity contribution >= 4 is 11.7 Å². The molecule has 0 aromatic carbocycles. The minimum atomic E-state index is -4.69. The van der Waals surface area contributed by atoms with E-state index in [2.05, 4.69) is 35.6 Å². The average molecular weight is 418 g/mol. The van der Waals surface area contributed by atoms with Crippen LogP contribution in [-0.2, 0) is 17.4 Å². The highest BCUT2D eigenvalue weighted by molar-refractivity contribution is 5.84. The summed E-state index contributed by atoms with van der Waals surface area (Å²) >= 11 is 0. The molecule has 4 heterocycles. The summed E-state index contributed by atoms with van der Waals surface area (Å²) < 4.78 is 39.7. The fourth-order valence-electron chi connectivity index (χ4n) is 2.89. The third kappa shape index (κ3) is 3.68. The lowest BCUT2D eigenvalue weighted by Crippen LogP contribution is -2.50. The maximum atomic E-state index is 12.9. The first kappa shape index (κ1) is 19.4. The Morgan fingerprint density at radius 3 is 2.73 bits per heavy atom. The number of H-pyrrole nitrogens is 1. The van der Waals surface area contributed by atoms with Gasteiger partial charge in [0.15, 0.2) is 0 Å². The van der Waals surface area contributed by atoms with Gasteiger partial charge >= 0.3 is 18.3 Å². The van der Waals surface area contributed by atoms with Crippen molar-refractivity contribution < 1.29 is 22.8 Å². The standard InChI is InChI=1S/C17H14F3N9O/c1-9-11(10(2)29-16(23-9)24-15(27-29)17(18,19)20)7-13(30)25-28-8-22-14(26-28)12-5-3-4-6-21-12/h3-6,8H,7H2,1-2H3,(H,25,30)/p+1. The summed E-state index contributed by atoms with van der Waals surface area (Å²) in [4.78, 5) is 29.5. The number of alkyl halides is 3. The highest BCUT2D eigenvalue weighted by Crippen LogP contribution is 2.27. The quantitative estimate of drug-likeness (QED) is 0.480. The molecule has 0 aliphatic carbocycles. The van der Waals surface area contributed by atoms with E-state index in [-0.39, 0.29) is 12.2 Å². The van der Waals surface area contributed by atoms with Gasteiger partial charge in [-0.25, -0.2) is 9.50 Å². The maximum absolute atomic E-state index is 12.9. The molecule has 0 spiro atoms. The molecular weight excluding hydrogens is 403 g/mol. The Balaban J connectivity index is 1.55. The number of aromatic amines is 1. The number of nitrogens with one attached hydrogen (secondary N) is 2. The van der Waals surface area contributed by atoms with Gasteiger partial charge < -0.3 is 0 Å². The predicted molar refractivity (Wildman–Crippen MR) is 95.3 cm³/mol. The molecule has 154 valence electrons. The molecule has 0 unspecified atom stereocenters. The van der Waals surface area contributed by atoms with E-state index in [1.807, 2.05) is 0 Å². The molecule has 0 aliphatic rings. The molecule has 0 radical (unpaired) electrons.